The molecule has 6 heteroatoms. The van der Waals surface area contributed by atoms with E-state index in [0.717, 1.165) is 83.5 Å². The van der Waals surface area contributed by atoms with Gasteiger partial charge >= 0.3 is 17.9 Å². The third-order valence-corrected chi connectivity index (χ3v) is 13.0. The van der Waals surface area contributed by atoms with Crippen LogP contribution >= 0.6 is 0 Å². The fraction of sp³-hybridized carbons (Fsp3) is 0.794. The summed E-state index contributed by atoms with van der Waals surface area (Å²) in [5, 5.41) is 0. The zero-order chi connectivity index (χ0) is 50.0. The average molecular weight is 966 g/mol. The topological polar surface area (TPSA) is 78.9 Å². The Morgan fingerprint density at radius 1 is 0.304 bits per heavy atom. The molecule has 1 unspecified atom stereocenters. The van der Waals surface area contributed by atoms with E-state index in [1.807, 2.05) is 0 Å². The highest BCUT2D eigenvalue weighted by Crippen LogP contribution is 2.16. The first kappa shape index (κ1) is 66.1. The summed E-state index contributed by atoms with van der Waals surface area (Å²) >= 11 is 0. The normalized spacial score (nSPS) is 12.4. The summed E-state index contributed by atoms with van der Waals surface area (Å²) in [5.74, 6) is -0.870. The molecule has 69 heavy (non-hydrogen) atoms. The van der Waals surface area contributed by atoms with E-state index in [4.69, 9.17) is 14.2 Å². The van der Waals surface area contributed by atoms with Gasteiger partial charge in [0.1, 0.15) is 13.2 Å². The number of esters is 3. The standard InChI is InChI=1S/C63H112O6/c1-4-7-10-13-16-19-22-24-26-28-29-30-31-32-33-35-36-38-41-44-47-50-53-56-62(65)68-59-60(58-67-61(64)55-52-49-46-43-40-21-18-15-12-9-6-3)69-63(66)57-54-51-48-45-42-39-37-34-27-25-23-20-17-14-11-8-5-2/h7,10,16,19,24-27,29-30,60H,4-6,8-9,11-15,17-18,20-23,28,31-59H2,1-3H3/b10-7-,19-16-,26-24-,27-25-,30-29-. The number of carbonyl (C=O) groups is 3. The summed E-state index contributed by atoms with van der Waals surface area (Å²) < 4.78 is 16.9. The van der Waals surface area contributed by atoms with Gasteiger partial charge in [0.25, 0.3) is 0 Å². The summed E-state index contributed by atoms with van der Waals surface area (Å²) in [6.45, 7) is 6.54. The smallest absolute Gasteiger partial charge is 0.306 e. The van der Waals surface area contributed by atoms with Crippen molar-refractivity contribution in [3.8, 4) is 0 Å². The van der Waals surface area contributed by atoms with Crippen LogP contribution in [0.15, 0.2) is 60.8 Å². The number of hydrogen-bond acceptors (Lipinski definition) is 6. The van der Waals surface area contributed by atoms with Crippen LogP contribution in [0.2, 0.25) is 0 Å². The molecule has 0 aromatic carbocycles. The van der Waals surface area contributed by atoms with E-state index in [1.165, 1.54) is 180 Å². The van der Waals surface area contributed by atoms with Crippen LogP contribution in [0, 0.1) is 0 Å². The SMILES string of the molecule is CC/C=C\C/C=C\C/C=C\C/C=C\CCCCCCCCCCCCC(=O)OCC(COC(=O)CCCCCCCCCCCCC)OC(=O)CCCCCCCCC/C=C\CCCCCCCC. The van der Waals surface area contributed by atoms with E-state index in [2.05, 4.69) is 81.5 Å². The number of carbonyl (C=O) groups excluding carboxylic acids is 3. The van der Waals surface area contributed by atoms with Gasteiger partial charge in [0, 0.05) is 19.3 Å². The van der Waals surface area contributed by atoms with Crippen molar-refractivity contribution in [3.05, 3.63) is 60.8 Å². The lowest BCUT2D eigenvalue weighted by Crippen LogP contribution is -2.30. The van der Waals surface area contributed by atoms with E-state index in [9.17, 15) is 14.4 Å². The summed E-state index contributed by atoms with van der Waals surface area (Å²) in [4.78, 5) is 38.2. The van der Waals surface area contributed by atoms with Gasteiger partial charge in [0.15, 0.2) is 6.10 Å². The predicted octanol–water partition coefficient (Wildman–Crippen LogP) is 20.0. The Labute approximate surface area is 428 Å². The minimum Gasteiger partial charge on any atom is -0.462 e. The first-order chi connectivity index (χ1) is 34.0. The van der Waals surface area contributed by atoms with E-state index in [-0.39, 0.29) is 31.1 Å². The summed E-state index contributed by atoms with van der Waals surface area (Å²) in [5.41, 5.74) is 0. The molecule has 0 fully saturated rings. The Balaban J connectivity index is 4.29. The second kappa shape index (κ2) is 57.7. The second-order valence-corrected chi connectivity index (χ2v) is 19.9. The molecule has 0 rings (SSSR count). The molecular formula is C63H112O6. The van der Waals surface area contributed by atoms with Crippen LogP contribution < -0.4 is 0 Å². The Morgan fingerprint density at radius 3 is 0.899 bits per heavy atom. The Bertz CT molecular complexity index is 1250. The molecule has 0 saturated carbocycles. The minimum atomic E-state index is -0.776. The molecule has 0 aliphatic rings. The van der Waals surface area contributed by atoms with Crippen molar-refractivity contribution in [3.63, 3.8) is 0 Å². The number of rotatable bonds is 54. The molecule has 1 atom stereocenters. The molecule has 0 saturated heterocycles. The molecule has 0 heterocycles. The maximum atomic E-state index is 12.9. The van der Waals surface area contributed by atoms with E-state index in [1.54, 1.807) is 0 Å². The van der Waals surface area contributed by atoms with Gasteiger partial charge in [-0.1, -0.05) is 261 Å². The first-order valence-corrected chi connectivity index (χ1v) is 29.8. The molecule has 0 aliphatic heterocycles. The number of ether oxygens (including phenoxy) is 3. The van der Waals surface area contributed by atoms with Gasteiger partial charge in [-0.05, 0) is 83.5 Å². The van der Waals surface area contributed by atoms with Gasteiger partial charge in [-0.3, -0.25) is 14.4 Å². The average Bonchev–Trinajstić information content (AvgIpc) is 3.35. The molecule has 0 aromatic heterocycles. The fourth-order valence-electron chi connectivity index (χ4n) is 8.55. The summed E-state index contributed by atoms with van der Waals surface area (Å²) in [6.07, 6.45) is 72.1. The third kappa shape index (κ3) is 55.9. The van der Waals surface area contributed by atoms with Crippen molar-refractivity contribution in [1.29, 1.82) is 0 Å². The predicted molar refractivity (Wildman–Crippen MR) is 298 cm³/mol. The lowest BCUT2D eigenvalue weighted by Gasteiger charge is -2.18. The zero-order valence-corrected chi connectivity index (χ0v) is 45.8. The van der Waals surface area contributed by atoms with Crippen LogP contribution in [-0.4, -0.2) is 37.2 Å². The molecule has 0 radical (unpaired) electrons. The van der Waals surface area contributed by atoms with Gasteiger partial charge in [0.2, 0.25) is 0 Å². The van der Waals surface area contributed by atoms with Crippen molar-refractivity contribution in [1.82, 2.24) is 0 Å². The fourth-order valence-corrected chi connectivity index (χ4v) is 8.55. The van der Waals surface area contributed by atoms with Gasteiger partial charge in [-0.2, -0.15) is 0 Å². The highest BCUT2D eigenvalue weighted by Gasteiger charge is 2.19. The highest BCUT2D eigenvalue weighted by molar-refractivity contribution is 5.71. The van der Waals surface area contributed by atoms with Crippen molar-refractivity contribution in [2.45, 2.75) is 309 Å². The third-order valence-electron chi connectivity index (χ3n) is 13.0. The van der Waals surface area contributed by atoms with Crippen LogP contribution in [0.4, 0.5) is 0 Å². The van der Waals surface area contributed by atoms with Crippen molar-refractivity contribution in [2.24, 2.45) is 0 Å². The van der Waals surface area contributed by atoms with Crippen LogP contribution in [0.1, 0.15) is 303 Å². The minimum absolute atomic E-state index is 0.0740. The Morgan fingerprint density at radius 2 is 0.565 bits per heavy atom. The largest absolute Gasteiger partial charge is 0.462 e. The van der Waals surface area contributed by atoms with Crippen molar-refractivity contribution >= 4 is 17.9 Å². The van der Waals surface area contributed by atoms with Gasteiger partial charge < -0.3 is 14.2 Å². The second-order valence-electron chi connectivity index (χ2n) is 19.9. The lowest BCUT2D eigenvalue weighted by molar-refractivity contribution is -0.167. The maximum Gasteiger partial charge on any atom is 0.306 e. The number of unbranched alkanes of at least 4 members (excludes halogenated alkanes) is 33. The number of allylic oxidation sites excluding steroid dienone is 10. The van der Waals surface area contributed by atoms with Crippen LogP contribution in [0.5, 0.6) is 0 Å². The van der Waals surface area contributed by atoms with Crippen LogP contribution in [0.3, 0.4) is 0 Å². The lowest BCUT2D eigenvalue weighted by atomic mass is 10.1. The molecule has 6 nitrogen and oxygen atoms in total. The number of hydrogen-bond donors (Lipinski definition) is 0. The Kier molecular flexibility index (Phi) is 55.3. The molecule has 0 bridgehead atoms. The first-order valence-electron chi connectivity index (χ1n) is 29.8. The van der Waals surface area contributed by atoms with Gasteiger partial charge in [0.05, 0.1) is 0 Å². The molecule has 0 aromatic rings. The molecular weight excluding hydrogens is 853 g/mol. The monoisotopic (exact) mass is 965 g/mol. The van der Waals surface area contributed by atoms with Crippen molar-refractivity contribution < 1.29 is 28.6 Å². The quantitative estimate of drug-likeness (QED) is 0.0262. The van der Waals surface area contributed by atoms with E-state index >= 15 is 0 Å². The van der Waals surface area contributed by atoms with Crippen LogP contribution in [-0.2, 0) is 28.6 Å². The highest BCUT2D eigenvalue weighted by atomic mass is 16.6. The van der Waals surface area contributed by atoms with Gasteiger partial charge in [-0.15, -0.1) is 0 Å². The molecule has 0 aliphatic carbocycles. The zero-order valence-electron chi connectivity index (χ0n) is 45.8. The van der Waals surface area contributed by atoms with Crippen LogP contribution in [0.25, 0.3) is 0 Å². The van der Waals surface area contributed by atoms with Crippen molar-refractivity contribution in [2.75, 3.05) is 13.2 Å². The van der Waals surface area contributed by atoms with E-state index < -0.39 is 6.10 Å². The summed E-state index contributed by atoms with van der Waals surface area (Å²) in [7, 11) is 0. The molecule has 400 valence electrons. The Hall–Kier alpha value is -2.89. The van der Waals surface area contributed by atoms with Gasteiger partial charge in [-0.25, -0.2) is 0 Å². The molecule has 0 amide bonds. The maximum absolute atomic E-state index is 12.9. The molecule has 0 spiro atoms. The molecule has 0 N–H and O–H groups in total. The van der Waals surface area contributed by atoms with E-state index in [0.29, 0.717) is 19.3 Å². The summed E-state index contributed by atoms with van der Waals surface area (Å²) in [6, 6.07) is 0.